The van der Waals surface area contributed by atoms with Gasteiger partial charge in [0.15, 0.2) is 0 Å². The molecule has 2 heterocycles. The van der Waals surface area contributed by atoms with Gasteiger partial charge in [0.05, 0.1) is 37.3 Å². The Kier molecular flexibility index (Phi) is 5.88. The van der Waals surface area contributed by atoms with E-state index in [-0.39, 0.29) is 5.56 Å². The van der Waals surface area contributed by atoms with E-state index in [1.54, 1.807) is 37.5 Å². The monoisotopic (exact) mass is 403 g/mol. The summed E-state index contributed by atoms with van der Waals surface area (Å²) in [5.41, 5.74) is 0.568. The molecule has 0 unspecified atom stereocenters. The van der Waals surface area contributed by atoms with Gasteiger partial charge in [-0.05, 0) is 18.2 Å². The van der Waals surface area contributed by atoms with Crippen molar-refractivity contribution in [3.05, 3.63) is 63.7 Å². The molecule has 0 fully saturated rings. The van der Waals surface area contributed by atoms with Crippen LogP contribution in [0.4, 0.5) is 0 Å². The number of carbonyl (C=O) groups excluding carboxylic acids is 1. The van der Waals surface area contributed by atoms with Crippen LogP contribution in [-0.4, -0.2) is 54.9 Å². The Bertz CT molecular complexity index is 1040. The quantitative estimate of drug-likeness (QED) is 0.546. The lowest BCUT2D eigenvalue weighted by atomic mass is 10.1. The zero-order chi connectivity index (χ0) is 20.3. The predicted octanol–water partition coefficient (Wildman–Crippen LogP) is 0.369. The minimum absolute atomic E-state index is 0.185. The lowest BCUT2D eigenvalue weighted by Gasteiger charge is -2.14. The highest BCUT2D eigenvalue weighted by Gasteiger charge is 2.20. The van der Waals surface area contributed by atoms with Crippen LogP contribution in [0.25, 0.3) is 16.9 Å². The number of aliphatic hydroxyl groups excluding tert-OH is 2. The number of halogens is 1. The Labute approximate surface area is 164 Å². The van der Waals surface area contributed by atoms with Gasteiger partial charge in [0.25, 0.3) is 11.5 Å². The van der Waals surface area contributed by atoms with E-state index in [4.69, 9.17) is 11.6 Å². The molecule has 10 heteroatoms. The first-order valence-electron chi connectivity index (χ1n) is 8.35. The molecule has 28 heavy (non-hydrogen) atoms. The molecule has 0 aliphatic carbocycles. The summed E-state index contributed by atoms with van der Waals surface area (Å²) in [5.74, 6) is -0.728. The van der Waals surface area contributed by atoms with Gasteiger partial charge in [-0.15, -0.1) is 0 Å². The minimum Gasteiger partial charge on any atom is -0.394 e. The summed E-state index contributed by atoms with van der Waals surface area (Å²) < 4.78 is 2.59. The van der Waals surface area contributed by atoms with Crippen molar-refractivity contribution in [3.8, 4) is 16.9 Å². The van der Waals surface area contributed by atoms with Crippen LogP contribution in [-0.2, 0) is 7.05 Å². The van der Waals surface area contributed by atoms with Crippen LogP contribution >= 0.6 is 11.6 Å². The maximum Gasteiger partial charge on any atom is 0.284 e. The van der Waals surface area contributed by atoms with Gasteiger partial charge in [-0.3, -0.25) is 14.3 Å². The molecule has 146 valence electrons. The Morgan fingerprint density at radius 1 is 1.25 bits per heavy atom. The van der Waals surface area contributed by atoms with Gasteiger partial charge in [-0.25, -0.2) is 0 Å². The van der Waals surface area contributed by atoms with Gasteiger partial charge in [0, 0.05) is 17.6 Å². The molecule has 1 amide bonds. The number of amides is 1. The number of hydrogen-bond acceptors (Lipinski definition) is 6. The van der Waals surface area contributed by atoms with Crippen LogP contribution in [0.15, 0.2) is 47.5 Å². The van der Waals surface area contributed by atoms with E-state index in [2.05, 4.69) is 15.5 Å². The van der Waals surface area contributed by atoms with Crippen molar-refractivity contribution in [3.63, 3.8) is 0 Å². The van der Waals surface area contributed by atoms with Crippen molar-refractivity contribution in [2.75, 3.05) is 13.2 Å². The molecule has 0 radical (unpaired) electrons. The Hall–Kier alpha value is -3.01. The summed E-state index contributed by atoms with van der Waals surface area (Å²) in [7, 11) is 1.69. The number of nitrogens with zero attached hydrogens (tertiary/aromatic N) is 4. The Balaban J connectivity index is 2.14. The molecule has 3 N–H and O–H groups in total. The van der Waals surface area contributed by atoms with Crippen LogP contribution < -0.4 is 10.9 Å². The van der Waals surface area contributed by atoms with Crippen molar-refractivity contribution in [2.24, 2.45) is 7.05 Å². The zero-order valence-corrected chi connectivity index (χ0v) is 15.7. The summed E-state index contributed by atoms with van der Waals surface area (Å²) in [5, 5.41) is 29.7. The molecule has 0 spiro atoms. The first-order chi connectivity index (χ1) is 13.4. The summed E-state index contributed by atoms with van der Waals surface area (Å²) in [6, 6.07) is 7.26. The molecule has 1 aromatic carbocycles. The maximum absolute atomic E-state index is 12.9. The molecule has 3 rings (SSSR count). The first-order valence-corrected chi connectivity index (χ1v) is 8.72. The van der Waals surface area contributed by atoms with Crippen molar-refractivity contribution in [1.82, 2.24) is 24.9 Å². The zero-order valence-electron chi connectivity index (χ0n) is 14.9. The minimum atomic E-state index is -0.883. The molecular weight excluding hydrogens is 386 g/mol. The Morgan fingerprint density at radius 2 is 1.93 bits per heavy atom. The molecule has 3 aromatic rings. The number of rotatable bonds is 6. The number of hydrogen-bond donors (Lipinski definition) is 3. The maximum atomic E-state index is 12.9. The van der Waals surface area contributed by atoms with E-state index in [0.717, 1.165) is 4.68 Å². The smallest absolute Gasteiger partial charge is 0.284 e. The standard InChI is InChI=1S/C18H18ClN5O4/c1-23-8-14(7-20-23)24-18(28)15(17(27)21-13(9-25)10-26)6-16(22-24)11-2-4-12(19)5-3-11/h2-8,13,25-26H,9-10H2,1H3,(H,21,27). The molecule has 0 saturated carbocycles. The fourth-order valence-corrected chi connectivity index (χ4v) is 2.65. The number of aliphatic hydroxyl groups is 2. The van der Waals surface area contributed by atoms with E-state index in [1.165, 1.54) is 16.9 Å². The number of nitrogens with one attached hydrogen (secondary N) is 1. The summed E-state index contributed by atoms with van der Waals surface area (Å²) >= 11 is 5.93. The normalized spacial score (nSPS) is 11.0. The van der Waals surface area contributed by atoms with Gasteiger partial charge >= 0.3 is 0 Å². The molecule has 0 saturated heterocycles. The van der Waals surface area contributed by atoms with E-state index >= 15 is 0 Å². The van der Waals surface area contributed by atoms with E-state index in [9.17, 15) is 19.8 Å². The highest BCUT2D eigenvalue weighted by Crippen LogP contribution is 2.20. The molecule has 0 bridgehead atoms. The van der Waals surface area contributed by atoms with Crippen LogP contribution in [0.1, 0.15) is 10.4 Å². The SMILES string of the molecule is Cn1cc(-n2nc(-c3ccc(Cl)cc3)cc(C(=O)NC(CO)CO)c2=O)cn1. The van der Waals surface area contributed by atoms with Crippen LogP contribution in [0.2, 0.25) is 5.02 Å². The fraction of sp³-hybridized carbons (Fsp3) is 0.222. The van der Waals surface area contributed by atoms with Crippen molar-refractivity contribution in [1.29, 1.82) is 0 Å². The molecule has 0 aliphatic heterocycles. The molecule has 9 nitrogen and oxygen atoms in total. The molecule has 0 aliphatic rings. The number of carbonyl (C=O) groups is 1. The van der Waals surface area contributed by atoms with E-state index < -0.39 is 30.7 Å². The fourth-order valence-electron chi connectivity index (χ4n) is 2.52. The largest absolute Gasteiger partial charge is 0.394 e. The van der Waals surface area contributed by atoms with Crippen molar-refractivity contribution < 1.29 is 15.0 Å². The molecule has 2 aromatic heterocycles. The van der Waals surface area contributed by atoms with Crippen LogP contribution in [0, 0.1) is 0 Å². The molecular formula is C18H18ClN5O4. The summed E-state index contributed by atoms with van der Waals surface area (Å²) in [4.78, 5) is 25.5. The average molecular weight is 404 g/mol. The van der Waals surface area contributed by atoms with E-state index in [0.29, 0.717) is 22.0 Å². The lowest BCUT2D eigenvalue weighted by molar-refractivity contribution is 0.0877. The third kappa shape index (κ3) is 4.11. The van der Waals surface area contributed by atoms with Gasteiger partial charge in [-0.1, -0.05) is 23.7 Å². The van der Waals surface area contributed by atoms with Gasteiger partial charge in [0.2, 0.25) is 0 Å². The average Bonchev–Trinajstić information content (AvgIpc) is 3.12. The molecule has 0 atom stereocenters. The highest BCUT2D eigenvalue weighted by molar-refractivity contribution is 6.30. The third-order valence-electron chi connectivity index (χ3n) is 4.01. The first kappa shape index (κ1) is 19.7. The number of benzene rings is 1. The second kappa shape index (κ2) is 8.34. The number of aromatic nitrogens is 4. The van der Waals surface area contributed by atoms with Gasteiger partial charge in [0.1, 0.15) is 11.3 Å². The summed E-state index contributed by atoms with van der Waals surface area (Å²) in [6.45, 7) is -0.928. The Morgan fingerprint density at radius 3 is 2.50 bits per heavy atom. The number of aryl methyl sites for hydroxylation is 1. The van der Waals surface area contributed by atoms with Gasteiger partial charge in [-0.2, -0.15) is 14.9 Å². The third-order valence-corrected chi connectivity index (χ3v) is 4.26. The van der Waals surface area contributed by atoms with Gasteiger partial charge < -0.3 is 15.5 Å². The second-order valence-electron chi connectivity index (χ2n) is 6.07. The lowest BCUT2D eigenvalue weighted by Crippen LogP contribution is -2.43. The van der Waals surface area contributed by atoms with Crippen LogP contribution in [0.5, 0.6) is 0 Å². The van der Waals surface area contributed by atoms with Crippen molar-refractivity contribution >= 4 is 17.5 Å². The predicted molar refractivity (Wildman–Crippen MR) is 102 cm³/mol. The van der Waals surface area contributed by atoms with Crippen LogP contribution in [0.3, 0.4) is 0 Å². The second-order valence-corrected chi connectivity index (χ2v) is 6.51. The topological polar surface area (TPSA) is 122 Å². The highest BCUT2D eigenvalue weighted by atomic mass is 35.5. The van der Waals surface area contributed by atoms with Crippen molar-refractivity contribution in [2.45, 2.75) is 6.04 Å². The van der Waals surface area contributed by atoms with E-state index in [1.807, 2.05) is 0 Å². The summed E-state index contributed by atoms with van der Waals surface area (Å²) in [6.07, 6.45) is 3.04.